The molecule has 0 bridgehead atoms. The Morgan fingerprint density at radius 2 is 2.07 bits per heavy atom. The predicted molar refractivity (Wildman–Crippen MR) is 56.6 cm³/mol. The Kier molecular flexibility index (Phi) is 3.12. The van der Waals surface area contributed by atoms with Crippen LogP contribution in [0, 0.1) is 13.8 Å². The maximum Gasteiger partial charge on any atom is 0.325 e. The second-order valence-electron chi connectivity index (χ2n) is 3.52. The van der Waals surface area contributed by atoms with E-state index < -0.39 is 12.0 Å². The molecular formula is C11H15NO2. The minimum absolute atomic E-state index is 0.560. The second-order valence-corrected chi connectivity index (χ2v) is 3.52. The van der Waals surface area contributed by atoms with Gasteiger partial charge >= 0.3 is 5.97 Å². The van der Waals surface area contributed by atoms with Crippen molar-refractivity contribution in [1.82, 2.24) is 0 Å². The van der Waals surface area contributed by atoms with Crippen LogP contribution in [0.3, 0.4) is 0 Å². The van der Waals surface area contributed by atoms with Crippen molar-refractivity contribution in [3.05, 3.63) is 29.3 Å². The second kappa shape index (κ2) is 4.13. The van der Waals surface area contributed by atoms with Gasteiger partial charge in [0.2, 0.25) is 0 Å². The van der Waals surface area contributed by atoms with Crippen molar-refractivity contribution >= 4 is 11.7 Å². The standard InChI is InChI=1S/C11H15NO2/c1-7-4-5-8(2)10(6-7)12-9(3)11(13)14/h4-6,9,12H,1-3H3,(H,13,14)/t9-/m0/s1. The van der Waals surface area contributed by atoms with Gasteiger partial charge in [0, 0.05) is 5.69 Å². The molecule has 0 saturated heterocycles. The molecule has 0 radical (unpaired) electrons. The molecule has 76 valence electrons. The molecule has 0 aliphatic heterocycles. The third kappa shape index (κ3) is 2.49. The molecule has 3 heteroatoms. The van der Waals surface area contributed by atoms with Gasteiger partial charge in [0.05, 0.1) is 0 Å². The van der Waals surface area contributed by atoms with E-state index in [9.17, 15) is 4.79 Å². The predicted octanol–water partition coefficient (Wildman–Crippen LogP) is 2.19. The van der Waals surface area contributed by atoms with E-state index in [-0.39, 0.29) is 0 Å². The van der Waals surface area contributed by atoms with Gasteiger partial charge in [-0.05, 0) is 38.0 Å². The van der Waals surface area contributed by atoms with Crippen LogP contribution >= 0.6 is 0 Å². The van der Waals surface area contributed by atoms with E-state index in [1.165, 1.54) is 0 Å². The highest BCUT2D eigenvalue weighted by Gasteiger charge is 2.10. The summed E-state index contributed by atoms with van der Waals surface area (Å²) in [4.78, 5) is 10.6. The van der Waals surface area contributed by atoms with Crippen LogP contribution in [0.1, 0.15) is 18.1 Å². The molecule has 1 aromatic rings. The van der Waals surface area contributed by atoms with Gasteiger partial charge in [0.1, 0.15) is 6.04 Å². The maximum atomic E-state index is 10.6. The summed E-state index contributed by atoms with van der Waals surface area (Å²) in [5.74, 6) is -0.842. The largest absolute Gasteiger partial charge is 0.480 e. The van der Waals surface area contributed by atoms with Crippen LogP contribution in [-0.2, 0) is 4.79 Å². The fourth-order valence-electron chi connectivity index (χ4n) is 1.19. The molecule has 3 nitrogen and oxygen atoms in total. The van der Waals surface area contributed by atoms with Crippen molar-refractivity contribution in [3.63, 3.8) is 0 Å². The Labute approximate surface area is 83.8 Å². The van der Waals surface area contributed by atoms with E-state index >= 15 is 0 Å². The molecule has 0 amide bonds. The maximum absolute atomic E-state index is 10.6. The van der Waals surface area contributed by atoms with E-state index in [2.05, 4.69) is 5.32 Å². The van der Waals surface area contributed by atoms with Crippen molar-refractivity contribution < 1.29 is 9.90 Å². The minimum Gasteiger partial charge on any atom is -0.480 e. The minimum atomic E-state index is -0.842. The van der Waals surface area contributed by atoms with Crippen LogP contribution in [0.25, 0.3) is 0 Å². The molecule has 14 heavy (non-hydrogen) atoms. The topological polar surface area (TPSA) is 49.3 Å². The number of carbonyl (C=O) groups is 1. The van der Waals surface area contributed by atoms with E-state index in [0.717, 1.165) is 16.8 Å². The number of nitrogens with one attached hydrogen (secondary N) is 1. The Balaban J connectivity index is 2.85. The lowest BCUT2D eigenvalue weighted by Crippen LogP contribution is -2.25. The fraction of sp³-hybridized carbons (Fsp3) is 0.364. The van der Waals surface area contributed by atoms with E-state index in [4.69, 9.17) is 5.11 Å². The first-order valence-electron chi connectivity index (χ1n) is 4.57. The molecule has 0 aliphatic rings. The number of hydrogen-bond acceptors (Lipinski definition) is 2. The Hall–Kier alpha value is -1.51. The SMILES string of the molecule is Cc1ccc(C)c(N[C@@H](C)C(=O)O)c1. The number of aliphatic carboxylic acids is 1. The highest BCUT2D eigenvalue weighted by molar-refractivity contribution is 5.77. The van der Waals surface area contributed by atoms with Gasteiger partial charge in [0.25, 0.3) is 0 Å². The summed E-state index contributed by atoms with van der Waals surface area (Å²) in [5, 5.41) is 11.7. The first kappa shape index (κ1) is 10.6. The average molecular weight is 193 g/mol. The normalized spacial score (nSPS) is 12.2. The molecule has 1 atom stereocenters. The molecule has 0 spiro atoms. The smallest absolute Gasteiger partial charge is 0.325 e. The monoisotopic (exact) mass is 193 g/mol. The van der Waals surface area contributed by atoms with Gasteiger partial charge in [-0.1, -0.05) is 12.1 Å². The average Bonchev–Trinajstić information content (AvgIpc) is 2.11. The molecule has 1 rings (SSSR count). The molecule has 0 unspecified atom stereocenters. The first-order valence-corrected chi connectivity index (χ1v) is 4.57. The van der Waals surface area contributed by atoms with Crippen molar-refractivity contribution in [2.75, 3.05) is 5.32 Å². The van der Waals surface area contributed by atoms with E-state index in [0.29, 0.717) is 0 Å². The first-order chi connectivity index (χ1) is 6.50. The van der Waals surface area contributed by atoms with Gasteiger partial charge in [-0.25, -0.2) is 0 Å². The summed E-state index contributed by atoms with van der Waals surface area (Å²) in [5.41, 5.74) is 3.07. The highest BCUT2D eigenvalue weighted by atomic mass is 16.4. The van der Waals surface area contributed by atoms with Crippen LogP contribution in [0.2, 0.25) is 0 Å². The summed E-state index contributed by atoms with van der Waals surface area (Å²) in [6, 6.07) is 5.38. The van der Waals surface area contributed by atoms with Gasteiger partial charge in [-0.2, -0.15) is 0 Å². The molecule has 0 aliphatic carbocycles. The highest BCUT2D eigenvalue weighted by Crippen LogP contribution is 2.17. The Morgan fingerprint density at radius 1 is 1.43 bits per heavy atom. The number of benzene rings is 1. The van der Waals surface area contributed by atoms with Crippen LogP contribution in [0.5, 0.6) is 0 Å². The number of carboxylic acids is 1. The summed E-state index contributed by atoms with van der Waals surface area (Å²) in [6.07, 6.45) is 0. The summed E-state index contributed by atoms with van der Waals surface area (Å²) in [7, 11) is 0. The Morgan fingerprint density at radius 3 is 2.64 bits per heavy atom. The number of anilines is 1. The molecular weight excluding hydrogens is 178 g/mol. The zero-order chi connectivity index (χ0) is 10.7. The van der Waals surface area contributed by atoms with Crippen molar-refractivity contribution in [2.24, 2.45) is 0 Å². The van der Waals surface area contributed by atoms with Gasteiger partial charge in [-0.15, -0.1) is 0 Å². The lowest BCUT2D eigenvalue weighted by atomic mass is 10.1. The Bertz CT molecular complexity index is 347. The van der Waals surface area contributed by atoms with Crippen molar-refractivity contribution in [2.45, 2.75) is 26.8 Å². The van der Waals surface area contributed by atoms with E-state index in [1.807, 2.05) is 32.0 Å². The number of hydrogen-bond donors (Lipinski definition) is 2. The molecule has 0 aromatic heterocycles. The summed E-state index contributed by atoms with van der Waals surface area (Å²) < 4.78 is 0. The number of carboxylic acid groups (broad SMARTS) is 1. The zero-order valence-electron chi connectivity index (χ0n) is 8.66. The zero-order valence-corrected chi connectivity index (χ0v) is 8.66. The quantitative estimate of drug-likeness (QED) is 0.773. The third-order valence-electron chi connectivity index (χ3n) is 2.14. The van der Waals surface area contributed by atoms with Gasteiger partial charge < -0.3 is 10.4 Å². The van der Waals surface area contributed by atoms with E-state index in [1.54, 1.807) is 6.92 Å². The molecule has 0 saturated carbocycles. The molecule has 1 aromatic carbocycles. The lowest BCUT2D eigenvalue weighted by molar-refractivity contribution is -0.137. The molecule has 0 heterocycles. The molecule has 0 fully saturated rings. The summed E-state index contributed by atoms with van der Waals surface area (Å²) >= 11 is 0. The van der Waals surface area contributed by atoms with Crippen LogP contribution < -0.4 is 5.32 Å². The van der Waals surface area contributed by atoms with Crippen LogP contribution in [-0.4, -0.2) is 17.1 Å². The van der Waals surface area contributed by atoms with Gasteiger partial charge in [-0.3, -0.25) is 4.79 Å². The fourth-order valence-corrected chi connectivity index (χ4v) is 1.19. The van der Waals surface area contributed by atoms with Crippen molar-refractivity contribution in [1.29, 1.82) is 0 Å². The third-order valence-corrected chi connectivity index (χ3v) is 2.14. The van der Waals surface area contributed by atoms with Crippen LogP contribution in [0.15, 0.2) is 18.2 Å². The van der Waals surface area contributed by atoms with Crippen LogP contribution in [0.4, 0.5) is 5.69 Å². The van der Waals surface area contributed by atoms with Gasteiger partial charge in [0.15, 0.2) is 0 Å². The van der Waals surface area contributed by atoms with Crippen molar-refractivity contribution in [3.8, 4) is 0 Å². The summed E-state index contributed by atoms with van der Waals surface area (Å²) in [6.45, 7) is 5.57. The lowest BCUT2D eigenvalue weighted by Gasteiger charge is -2.13. The number of rotatable bonds is 3. The molecule has 2 N–H and O–H groups in total. The number of aryl methyl sites for hydroxylation is 2.